The van der Waals surface area contributed by atoms with E-state index in [9.17, 15) is 4.79 Å². The van der Waals surface area contributed by atoms with Crippen LogP contribution in [-0.4, -0.2) is 12.5 Å². The first-order chi connectivity index (χ1) is 9.03. The summed E-state index contributed by atoms with van der Waals surface area (Å²) in [6.07, 6.45) is 0. The minimum atomic E-state index is -0.666. The molecule has 0 saturated heterocycles. The first-order valence-electron chi connectivity index (χ1n) is 6.15. The second-order valence-corrected chi connectivity index (χ2v) is 5.15. The lowest BCUT2D eigenvalue weighted by Crippen LogP contribution is -2.44. The van der Waals surface area contributed by atoms with Crippen molar-refractivity contribution in [2.24, 2.45) is 11.3 Å². The number of hydrazine groups is 1. The molecule has 0 unspecified atom stereocenters. The van der Waals surface area contributed by atoms with Gasteiger partial charge in [-0.2, -0.15) is 0 Å². The van der Waals surface area contributed by atoms with E-state index in [1.165, 1.54) is 0 Å². The molecule has 2 aromatic carbocycles. The van der Waals surface area contributed by atoms with Crippen molar-refractivity contribution in [3.8, 4) is 5.75 Å². The summed E-state index contributed by atoms with van der Waals surface area (Å²) in [5.41, 5.74) is 1.49. The SMILES string of the molecule is CC(C)(COc1ccc2ccccc2c1)C(=O)NN. The Balaban J connectivity index is 2.12. The molecule has 0 bridgehead atoms. The number of rotatable bonds is 4. The summed E-state index contributed by atoms with van der Waals surface area (Å²) in [6.45, 7) is 3.85. The maximum Gasteiger partial charge on any atom is 0.242 e. The van der Waals surface area contributed by atoms with Crippen LogP contribution < -0.4 is 16.0 Å². The van der Waals surface area contributed by atoms with Gasteiger partial charge in [-0.1, -0.05) is 30.3 Å². The van der Waals surface area contributed by atoms with Crippen LogP contribution in [0.3, 0.4) is 0 Å². The Morgan fingerprint density at radius 2 is 1.89 bits per heavy atom. The van der Waals surface area contributed by atoms with E-state index in [-0.39, 0.29) is 12.5 Å². The molecule has 2 aromatic rings. The van der Waals surface area contributed by atoms with Gasteiger partial charge < -0.3 is 4.74 Å². The molecule has 0 fully saturated rings. The van der Waals surface area contributed by atoms with Gasteiger partial charge in [0.1, 0.15) is 12.4 Å². The quantitative estimate of drug-likeness (QED) is 0.502. The molecule has 4 nitrogen and oxygen atoms in total. The van der Waals surface area contributed by atoms with Crippen LogP contribution in [-0.2, 0) is 4.79 Å². The number of nitrogens with one attached hydrogen (secondary N) is 1. The number of benzene rings is 2. The molecule has 19 heavy (non-hydrogen) atoms. The Bertz CT molecular complexity index is 593. The fourth-order valence-electron chi connectivity index (χ4n) is 1.78. The predicted octanol–water partition coefficient (Wildman–Crippen LogP) is 2.23. The van der Waals surface area contributed by atoms with Crippen LogP contribution in [0.2, 0.25) is 0 Å². The van der Waals surface area contributed by atoms with Crippen LogP contribution in [0.15, 0.2) is 42.5 Å². The zero-order valence-corrected chi connectivity index (χ0v) is 11.1. The van der Waals surface area contributed by atoms with Gasteiger partial charge in [-0.05, 0) is 36.8 Å². The monoisotopic (exact) mass is 258 g/mol. The maximum absolute atomic E-state index is 11.6. The third kappa shape index (κ3) is 3.03. The van der Waals surface area contributed by atoms with Crippen LogP contribution in [0, 0.1) is 5.41 Å². The Labute approximate surface area is 112 Å². The molecule has 4 heteroatoms. The first kappa shape index (κ1) is 13.4. The highest BCUT2D eigenvalue weighted by molar-refractivity contribution is 5.84. The van der Waals surface area contributed by atoms with E-state index in [0.717, 1.165) is 16.5 Å². The topological polar surface area (TPSA) is 64.3 Å². The van der Waals surface area contributed by atoms with Crippen LogP contribution >= 0.6 is 0 Å². The highest BCUT2D eigenvalue weighted by Gasteiger charge is 2.27. The highest BCUT2D eigenvalue weighted by Crippen LogP contribution is 2.23. The van der Waals surface area contributed by atoms with Gasteiger partial charge in [0.05, 0.1) is 5.41 Å². The zero-order chi connectivity index (χ0) is 13.9. The van der Waals surface area contributed by atoms with Gasteiger partial charge in [0.25, 0.3) is 0 Å². The summed E-state index contributed by atoms with van der Waals surface area (Å²) in [5, 5.41) is 2.27. The normalized spacial score (nSPS) is 11.3. The molecular formula is C15H18N2O2. The van der Waals surface area contributed by atoms with E-state index >= 15 is 0 Å². The minimum Gasteiger partial charge on any atom is -0.492 e. The van der Waals surface area contributed by atoms with Crippen LogP contribution in [0.25, 0.3) is 10.8 Å². The van der Waals surface area contributed by atoms with Crippen molar-refractivity contribution in [1.82, 2.24) is 5.43 Å². The summed E-state index contributed by atoms with van der Waals surface area (Å²) < 4.78 is 5.69. The third-order valence-corrected chi connectivity index (χ3v) is 3.07. The molecule has 0 saturated carbocycles. The number of amides is 1. The van der Waals surface area contributed by atoms with Crippen molar-refractivity contribution in [2.45, 2.75) is 13.8 Å². The van der Waals surface area contributed by atoms with E-state index in [1.807, 2.05) is 42.5 Å². The standard InChI is InChI=1S/C15H18N2O2/c1-15(2,14(18)17-16)10-19-13-8-7-11-5-3-4-6-12(11)9-13/h3-9H,10,16H2,1-2H3,(H,17,18). The van der Waals surface area contributed by atoms with Crippen LogP contribution in [0.4, 0.5) is 0 Å². The lowest BCUT2D eigenvalue weighted by atomic mass is 9.94. The molecule has 0 aliphatic rings. The van der Waals surface area contributed by atoms with Gasteiger partial charge in [0, 0.05) is 0 Å². The largest absolute Gasteiger partial charge is 0.492 e. The van der Waals surface area contributed by atoms with Crippen LogP contribution in [0.5, 0.6) is 5.75 Å². The molecule has 1 amide bonds. The summed E-state index contributed by atoms with van der Waals surface area (Å²) in [7, 11) is 0. The van der Waals surface area contributed by atoms with Gasteiger partial charge in [-0.15, -0.1) is 0 Å². The maximum atomic E-state index is 11.6. The molecule has 0 aromatic heterocycles. The van der Waals surface area contributed by atoms with Gasteiger partial charge in [-0.3, -0.25) is 10.2 Å². The number of carbonyl (C=O) groups is 1. The second-order valence-electron chi connectivity index (χ2n) is 5.15. The van der Waals surface area contributed by atoms with Crippen molar-refractivity contribution in [2.75, 3.05) is 6.61 Å². The number of hydrogen-bond donors (Lipinski definition) is 2. The number of nitrogens with two attached hydrogens (primary N) is 1. The molecule has 100 valence electrons. The average Bonchev–Trinajstić information content (AvgIpc) is 2.44. The summed E-state index contributed by atoms with van der Waals surface area (Å²) >= 11 is 0. The van der Waals surface area contributed by atoms with Crippen molar-refractivity contribution >= 4 is 16.7 Å². The smallest absolute Gasteiger partial charge is 0.242 e. The molecular weight excluding hydrogens is 240 g/mol. The minimum absolute atomic E-state index is 0.242. The number of fused-ring (bicyclic) bond motifs is 1. The average molecular weight is 258 g/mol. The number of carbonyl (C=O) groups excluding carboxylic acids is 1. The molecule has 0 heterocycles. The van der Waals surface area contributed by atoms with Crippen LogP contribution in [0.1, 0.15) is 13.8 Å². The fraction of sp³-hybridized carbons (Fsp3) is 0.267. The molecule has 2 rings (SSSR count). The van der Waals surface area contributed by atoms with Gasteiger partial charge >= 0.3 is 0 Å². The lowest BCUT2D eigenvalue weighted by molar-refractivity contribution is -0.130. The lowest BCUT2D eigenvalue weighted by Gasteiger charge is -2.22. The number of hydrogen-bond acceptors (Lipinski definition) is 3. The molecule has 3 N–H and O–H groups in total. The Morgan fingerprint density at radius 1 is 1.21 bits per heavy atom. The number of ether oxygens (including phenoxy) is 1. The van der Waals surface area contributed by atoms with Crippen molar-refractivity contribution in [3.63, 3.8) is 0 Å². The fourth-order valence-corrected chi connectivity index (χ4v) is 1.78. The van der Waals surface area contributed by atoms with Crippen molar-refractivity contribution in [1.29, 1.82) is 0 Å². The Hall–Kier alpha value is -2.07. The van der Waals surface area contributed by atoms with Crippen molar-refractivity contribution in [3.05, 3.63) is 42.5 Å². The van der Waals surface area contributed by atoms with Gasteiger partial charge in [-0.25, -0.2) is 5.84 Å². The second kappa shape index (κ2) is 5.28. The molecule has 0 aliphatic heterocycles. The van der Waals surface area contributed by atoms with E-state index in [0.29, 0.717) is 0 Å². The molecule has 0 aliphatic carbocycles. The summed E-state index contributed by atoms with van der Waals surface area (Å²) in [4.78, 5) is 11.6. The Kier molecular flexibility index (Phi) is 3.71. The van der Waals surface area contributed by atoms with E-state index < -0.39 is 5.41 Å². The van der Waals surface area contributed by atoms with E-state index in [2.05, 4.69) is 5.43 Å². The molecule has 0 atom stereocenters. The van der Waals surface area contributed by atoms with Gasteiger partial charge in [0.2, 0.25) is 5.91 Å². The summed E-state index contributed by atoms with van der Waals surface area (Å²) in [5.74, 6) is 5.65. The Morgan fingerprint density at radius 3 is 2.58 bits per heavy atom. The van der Waals surface area contributed by atoms with E-state index in [1.54, 1.807) is 13.8 Å². The molecule has 0 spiro atoms. The van der Waals surface area contributed by atoms with E-state index in [4.69, 9.17) is 10.6 Å². The zero-order valence-electron chi connectivity index (χ0n) is 11.1. The first-order valence-corrected chi connectivity index (χ1v) is 6.15. The molecule has 0 radical (unpaired) electrons. The highest BCUT2D eigenvalue weighted by atomic mass is 16.5. The van der Waals surface area contributed by atoms with Gasteiger partial charge in [0.15, 0.2) is 0 Å². The third-order valence-electron chi connectivity index (χ3n) is 3.07. The predicted molar refractivity (Wildman–Crippen MR) is 75.6 cm³/mol. The summed E-state index contributed by atoms with van der Waals surface area (Å²) in [6, 6.07) is 13.9. The van der Waals surface area contributed by atoms with Crippen molar-refractivity contribution < 1.29 is 9.53 Å².